The van der Waals surface area contributed by atoms with Crippen LogP contribution in [0.3, 0.4) is 0 Å². The number of carbonyl (C=O) groups is 1. The van der Waals surface area contributed by atoms with Crippen LogP contribution in [-0.4, -0.2) is 17.6 Å². The van der Waals surface area contributed by atoms with Crippen LogP contribution >= 0.6 is 0 Å². The summed E-state index contributed by atoms with van der Waals surface area (Å²) >= 11 is 0. The van der Waals surface area contributed by atoms with Gasteiger partial charge in [0.1, 0.15) is 11.4 Å². The molecule has 1 aromatic heterocycles. The average Bonchev–Trinajstić information content (AvgIpc) is 3.02. The molecule has 118 valence electrons. The summed E-state index contributed by atoms with van der Waals surface area (Å²) in [5.74, 6) is 0.395. The lowest BCUT2D eigenvalue weighted by molar-refractivity contribution is -0.122. The monoisotopic (exact) mass is 301 g/mol. The third-order valence-corrected chi connectivity index (χ3v) is 3.67. The van der Waals surface area contributed by atoms with E-state index < -0.39 is 5.60 Å². The van der Waals surface area contributed by atoms with Crippen LogP contribution in [0.4, 0.5) is 0 Å². The van der Waals surface area contributed by atoms with Crippen LogP contribution in [0.5, 0.6) is 0 Å². The molecule has 0 saturated heterocycles. The Bertz CT molecular complexity index is 585. The van der Waals surface area contributed by atoms with Gasteiger partial charge in [-0.1, -0.05) is 29.8 Å². The summed E-state index contributed by atoms with van der Waals surface area (Å²) in [6.07, 6.45) is 3.62. The molecular weight excluding hydrogens is 278 g/mol. The van der Waals surface area contributed by atoms with Crippen molar-refractivity contribution in [1.82, 2.24) is 5.32 Å². The maximum atomic E-state index is 11.9. The third kappa shape index (κ3) is 4.74. The molecule has 4 heteroatoms. The van der Waals surface area contributed by atoms with E-state index in [4.69, 9.17) is 4.42 Å². The molecule has 0 saturated carbocycles. The van der Waals surface area contributed by atoms with E-state index in [0.29, 0.717) is 12.2 Å². The Morgan fingerprint density at radius 1 is 1.27 bits per heavy atom. The number of amides is 1. The number of aryl methyl sites for hydroxylation is 2. The molecule has 1 unspecified atom stereocenters. The molecule has 4 nitrogen and oxygen atoms in total. The molecule has 22 heavy (non-hydrogen) atoms. The standard InChI is InChI=1S/C18H23NO3/c1-14-8-10-15(11-9-14)5-3-7-17(20)19-13-18(2,21)16-6-4-12-22-16/h4,6,8-12,21H,3,5,7,13H2,1-2H3,(H,19,20). The van der Waals surface area contributed by atoms with Gasteiger partial charge in [0.05, 0.1) is 12.8 Å². The molecule has 0 bridgehead atoms. The molecule has 2 aromatic rings. The van der Waals surface area contributed by atoms with E-state index in [1.54, 1.807) is 19.1 Å². The summed E-state index contributed by atoms with van der Waals surface area (Å²) in [7, 11) is 0. The number of carbonyl (C=O) groups excluding carboxylic acids is 1. The number of aliphatic hydroxyl groups is 1. The van der Waals surface area contributed by atoms with E-state index in [1.807, 2.05) is 0 Å². The second kappa shape index (κ2) is 7.27. The lowest BCUT2D eigenvalue weighted by atomic mass is 10.0. The number of furan rings is 1. The van der Waals surface area contributed by atoms with Crippen molar-refractivity contribution in [2.45, 2.75) is 38.7 Å². The van der Waals surface area contributed by atoms with E-state index in [1.165, 1.54) is 17.4 Å². The van der Waals surface area contributed by atoms with Crippen LogP contribution in [-0.2, 0) is 16.8 Å². The Kier molecular flexibility index (Phi) is 5.39. The van der Waals surface area contributed by atoms with E-state index in [-0.39, 0.29) is 12.5 Å². The molecule has 0 aliphatic carbocycles. The highest BCUT2D eigenvalue weighted by Crippen LogP contribution is 2.19. The number of nitrogens with one attached hydrogen (secondary N) is 1. The minimum absolute atomic E-state index is 0.0565. The van der Waals surface area contributed by atoms with Crippen molar-refractivity contribution >= 4 is 5.91 Å². The quantitative estimate of drug-likeness (QED) is 0.826. The fourth-order valence-corrected chi connectivity index (χ4v) is 2.24. The summed E-state index contributed by atoms with van der Waals surface area (Å²) in [6, 6.07) is 11.8. The first-order valence-electron chi connectivity index (χ1n) is 7.56. The molecule has 1 amide bonds. The van der Waals surface area contributed by atoms with Crippen LogP contribution in [0.2, 0.25) is 0 Å². The van der Waals surface area contributed by atoms with Crippen molar-refractivity contribution in [2.75, 3.05) is 6.54 Å². The third-order valence-electron chi connectivity index (χ3n) is 3.67. The second-order valence-electron chi connectivity index (χ2n) is 5.87. The lowest BCUT2D eigenvalue weighted by Crippen LogP contribution is -2.38. The molecule has 0 aliphatic rings. The van der Waals surface area contributed by atoms with Crippen LogP contribution in [0, 0.1) is 6.92 Å². The Hall–Kier alpha value is -2.07. The number of benzene rings is 1. The van der Waals surface area contributed by atoms with Crippen LogP contribution in [0.25, 0.3) is 0 Å². The molecule has 1 aromatic carbocycles. The molecule has 1 atom stereocenters. The average molecular weight is 301 g/mol. The minimum atomic E-state index is -1.18. The summed E-state index contributed by atoms with van der Waals surface area (Å²) in [4.78, 5) is 11.9. The maximum absolute atomic E-state index is 11.9. The SMILES string of the molecule is Cc1ccc(CCCC(=O)NCC(C)(O)c2ccco2)cc1. The van der Waals surface area contributed by atoms with Crippen molar-refractivity contribution in [3.05, 3.63) is 59.5 Å². The zero-order valence-corrected chi connectivity index (χ0v) is 13.1. The molecular formula is C18H23NO3. The number of hydrogen-bond acceptors (Lipinski definition) is 3. The van der Waals surface area contributed by atoms with Gasteiger partial charge >= 0.3 is 0 Å². The first-order chi connectivity index (χ1) is 10.5. The first-order valence-corrected chi connectivity index (χ1v) is 7.56. The maximum Gasteiger partial charge on any atom is 0.220 e. The van der Waals surface area contributed by atoms with E-state index in [9.17, 15) is 9.90 Å². The van der Waals surface area contributed by atoms with Crippen molar-refractivity contribution in [3.8, 4) is 0 Å². The molecule has 2 rings (SSSR count). The Morgan fingerprint density at radius 3 is 2.64 bits per heavy atom. The van der Waals surface area contributed by atoms with Gasteiger partial charge in [-0.15, -0.1) is 0 Å². The van der Waals surface area contributed by atoms with Gasteiger partial charge in [0, 0.05) is 6.42 Å². The zero-order valence-electron chi connectivity index (χ0n) is 13.1. The largest absolute Gasteiger partial charge is 0.466 e. The Balaban J connectivity index is 1.71. The molecule has 2 N–H and O–H groups in total. The van der Waals surface area contributed by atoms with Gasteiger partial charge in [-0.05, 0) is 44.4 Å². The van der Waals surface area contributed by atoms with Crippen molar-refractivity contribution in [2.24, 2.45) is 0 Å². The lowest BCUT2D eigenvalue weighted by Gasteiger charge is -2.21. The predicted octanol–water partition coefficient (Wildman–Crippen LogP) is 2.93. The Morgan fingerprint density at radius 2 is 2.00 bits per heavy atom. The highest BCUT2D eigenvalue weighted by Gasteiger charge is 2.26. The zero-order chi connectivity index (χ0) is 16.0. The van der Waals surface area contributed by atoms with Crippen molar-refractivity contribution in [1.29, 1.82) is 0 Å². The normalized spacial score (nSPS) is 13.6. The minimum Gasteiger partial charge on any atom is -0.466 e. The molecule has 0 spiro atoms. The highest BCUT2D eigenvalue weighted by atomic mass is 16.4. The van der Waals surface area contributed by atoms with Gasteiger partial charge in [-0.3, -0.25) is 4.79 Å². The Labute approximate surface area is 131 Å². The topological polar surface area (TPSA) is 62.5 Å². The molecule has 0 fully saturated rings. The summed E-state index contributed by atoms with van der Waals surface area (Å²) in [5, 5.41) is 13.0. The second-order valence-corrected chi connectivity index (χ2v) is 5.87. The fraction of sp³-hybridized carbons (Fsp3) is 0.389. The van der Waals surface area contributed by atoms with E-state index in [0.717, 1.165) is 12.8 Å². The predicted molar refractivity (Wildman–Crippen MR) is 85.4 cm³/mol. The van der Waals surface area contributed by atoms with Gasteiger partial charge in [0.25, 0.3) is 0 Å². The first kappa shape index (κ1) is 16.3. The van der Waals surface area contributed by atoms with Gasteiger partial charge in [-0.25, -0.2) is 0 Å². The number of rotatable bonds is 7. The van der Waals surface area contributed by atoms with Gasteiger partial charge in [0.2, 0.25) is 5.91 Å². The summed E-state index contributed by atoms with van der Waals surface area (Å²) < 4.78 is 5.18. The molecule has 1 heterocycles. The van der Waals surface area contributed by atoms with Crippen LogP contribution in [0.1, 0.15) is 36.7 Å². The molecule has 0 radical (unpaired) electrons. The van der Waals surface area contributed by atoms with Gasteiger partial charge in [0.15, 0.2) is 0 Å². The van der Waals surface area contributed by atoms with E-state index >= 15 is 0 Å². The van der Waals surface area contributed by atoms with Crippen molar-refractivity contribution < 1.29 is 14.3 Å². The van der Waals surface area contributed by atoms with Gasteiger partial charge in [-0.2, -0.15) is 0 Å². The molecule has 0 aliphatic heterocycles. The fourth-order valence-electron chi connectivity index (χ4n) is 2.24. The van der Waals surface area contributed by atoms with E-state index in [2.05, 4.69) is 36.5 Å². The smallest absolute Gasteiger partial charge is 0.220 e. The number of hydrogen-bond donors (Lipinski definition) is 2. The summed E-state index contributed by atoms with van der Waals surface area (Å²) in [6.45, 7) is 3.82. The van der Waals surface area contributed by atoms with Crippen molar-refractivity contribution in [3.63, 3.8) is 0 Å². The van der Waals surface area contributed by atoms with Gasteiger partial charge < -0.3 is 14.8 Å². The summed E-state index contributed by atoms with van der Waals surface area (Å²) in [5.41, 5.74) is 1.29. The van der Waals surface area contributed by atoms with Crippen LogP contribution in [0.15, 0.2) is 47.1 Å². The highest BCUT2D eigenvalue weighted by molar-refractivity contribution is 5.75. The van der Waals surface area contributed by atoms with Crippen LogP contribution < -0.4 is 5.32 Å².